The van der Waals surface area contributed by atoms with Gasteiger partial charge in [0.25, 0.3) is 0 Å². The molecular weight excluding hydrogens is 426 g/mol. The number of halogens is 4. The van der Waals surface area contributed by atoms with Crippen LogP contribution in [0.15, 0.2) is 18.2 Å². The number of amides is 1. The van der Waals surface area contributed by atoms with E-state index >= 15 is 0 Å². The number of anilines is 1. The summed E-state index contributed by atoms with van der Waals surface area (Å²) in [6.07, 6.45) is -1.14. The summed E-state index contributed by atoms with van der Waals surface area (Å²) >= 11 is 0. The van der Waals surface area contributed by atoms with E-state index in [0.717, 1.165) is 6.92 Å². The Morgan fingerprint density at radius 2 is 1.63 bits per heavy atom. The quantitative estimate of drug-likeness (QED) is 0.494. The number of fused-ring (bicyclic) bond motifs is 1. The number of cyclic esters (lactones) is 1. The second-order valence-electron chi connectivity index (χ2n) is 7.06. The summed E-state index contributed by atoms with van der Waals surface area (Å²) in [5.41, 5.74) is -0.600. The molecule has 5 nitrogen and oxygen atoms in total. The molecule has 2 aromatic carbocycles. The first-order valence-corrected chi connectivity index (χ1v) is 10.9. The predicted molar refractivity (Wildman–Crippen MR) is 102 cm³/mol. The molecule has 0 N–H and O–H groups in total. The highest BCUT2D eigenvalue weighted by Crippen LogP contribution is 2.35. The molecule has 0 spiro atoms. The summed E-state index contributed by atoms with van der Waals surface area (Å²) in [5.74, 6) is -8.52. The molecule has 1 atom stereocenters. The van der Waals surface area contributed by atoms with E-state index < -0.39 is 67.9 Å². The van der Waals surface area contributed by atoms with E-state index in [1.165, 1.54) is 17.0 Å². The van der Waals surface area contributed by atoms with Crippen LogP contribution in [-0.4, -0.2) is 21.1 Å². The number of rotatable bonds is 5. The summed E-state index contributed by atoms with van der Waals surface area (Å²) in [5, 5.41) is 0. The first kappa shape index (κ1) is 22.1. The zero-order valence-electron chi connectivity index (χ0n) is 16.4. The minimum Gasteiger partial charge on any atom is -0.441 e. The molecule has 3 rings (SSSR count). The number of hydrogen-bond donors (Lipinski definition) is 0. The molecule has 1 aliphatic heterocycles. The van der Waals surface area contributed by atoms with Gasteiger partial charge in [0.15, 0.2) is 33.1 Å². The Balaban J connectivity index is 1.93. The summed E-state index contributed by atoms with van der Waals surface area (Å²) in [4.78, 5) is 13.3. The fraction of sp³-hybridized carbons (Fsp3) is 0.350. The Kier molecular flexibility index (Phi) is 5.81. The van der Waals surface area contributed by atoms with Crippen molar-refractivity contribution in [1.82, 2.24) is 0 Å². The van der Waals surface area contributed by atoms with Crippen molar-refractivity contribution in [3.8, 4) is 0 Å². The average Bonchev–Trinajstić information content (AvgIpc) is 2.68. The molecule has 2 aromatic rings. The minimum atomic E-state index is -4.19. The van der Waals surface area contributed by atoms with Gasteiger partial charge in [-0.3, -0.25) is 4.90 Å². The monoisotopic (exact) mass is 445 g/mol. The van der Waals surface area contributed by atoms with Gasteiger partial charge in [-0.2, -0.15) is 0 Å². The third-order valence-corrected chi connectivity index (χ3v) is 6.46. The number of benzene rings is 2. The van der Waals surface area contributed by atoms with E-state index in [-0.39, 0.29) is 5.56 Å². The van der Waals surface area contributed by atoms with E-state index in [1.54, 1.807) is 19.9 Å². The number of nitrogens with zero attached hydrogens (tertiary/aromatic N) is 1. The van der Waals surface area contributed by atoms with Gasteiger partial charge >= 0.3 is 6.09 Å². The van der Waals surface area contributed by atoms with Crippen LogP contribution in [0.1, 0.15) is 42.2 Å². The lowest BCUT2D eigenvalue weighted by Crippen LogP contribution is -2.36. The summed E-state index contributed by atoms with van der Waals surface area (Å²) in [6.45, 7) is 4.59. The lowest BCUT2D eigenvalue weighted by atomic mass is 10.0. The summed E-state index contributed by atoms with van der Waals surface area (Å²) in [6, 6.07) is 4.55. The largest absolute Gasteiger partial charge is 0.441 e. The van der Waals surface area contributed by atoms with Crippen LogP contribution >= 0.6 is 0 Å². The van der Waals surface area contributed by atoms with Crippen LogP contribution in [0.3, 0.4) is 0 Å². The van der Waals surface area contributed by atoms with E-state index in [2.05, 4.69) is 0 Å². The molecular formula is C20H19F4NO4S. The van der Waals surface area contributed by atoms with Crippen LogP contribution in [0.5, 0.6) is 0 Å². The third-order valence-electron chi connectivity index (χ3n) is 4.96. The predicted octanol–water partition coefficient (Wildman–Crippen LogP) is 4.70. The Bertz CT molecular complexity index is 1110. The van der Waals surface area contributed by atoms with Crippen LogP contribution in [0.4, 0.5) is 28.0 Å². The second kappa shape index (κ2) is 7.90. The molecule has 0 aromatic heterocycles. The van der Waals surface area contributed by atoms with Gasteiger partial charge in [0, 0.05) is 23.2 Å². The Hall–Kier alpha value is -2.62. The standard InChI is InChI=1S/C20H19F4NO4S/c1-4-25-15-6-5-12(7-13(15)11(3)29-20(25)26)8-30(27,28)9-14-18(23)16(21)10(2)17(22)19(14)24/h5-7,11H,4,8-9H2,1-3H3. The molecule has 0 saturated carbocycles. The highest BCUT2D eigenvalue weighted by Gasteiger charge is 2.31. The Labute approximate surface area is 171 Å². The maximum absolute atomic E-state index is 14.1. The van der Waals surface area contributed by atoms with Crippen molar-refractivity contribution in [3.05, 3.63) is 63.7 Å². The van der Waals surface area contributed by atoms with Crippen molar-refractivity contribution in [3.63, 3.8) is 0 Å². The van der Waals surface area contributed by atoms with Crippen LogP contribution < -0.4 is 4.90 Å². The molecule has 162 valence electrons. The zero-order chi connectivity index (χ0) is 22.4. The molecule has 0 bridgehead atoms. The third kappa shape index (κ3) is 3.88. The van der Waals surface area contributed by atoms with Gasteiger partial charge in [-0.05, 0) is 38.5 Å². The fourth-order valence-corrected chi connectivity index (χ4v) is 4.86. The van der Waals surface area contributed by atoms with Gasteiger partial charge in [0.05, 0.1) is 17.2 Å². The van der Waals surface area contributed by atoms with Crippen LogP contribution in [0.2, 0.25) is 0 Å². The topological polar surface area (TPSA) is 63.7 Å². The molecule has 1 heterocycles. The average molecular weight is 445 g/mol. The number of carbonyl (C=O) groups excluding carboxylic acids is 1. The normalized spacial score (nSPS) is 16.4. The van der Waals surface area contributed by atoms with E-state index in [9.17, 15) is 30.8 Å². The Morgan fingerprint density at radius 3 is 2.20 bits per heavy atom. The van der Waals surface area contributed by atoms with Gasteiger partial charge in [-0.15, -0.1) is 0 Å². The SMILES string of the molecule is CCN1C(=O)OC(C)c2cc(CS(=O)(=O)Cc3c(F)c(F)c(C)c(F)c3F)ccc21. The summed E-state index contributed by atoms with van der Waals surface area (Å²) in [7, 11) is -4.19. The lowest BCUT2D eigenvalue weighted by molar-refractivity contribution is 0.108. The first-order chi connectivity index (χ1) is 14.0. The molecule has 1 aliphatic rings. The number of carbonyl (C=O) groups is 1. The highest BCUT2D eigenvalue weighted by atomic mass is 32.2. The van der Waals surface area contributed by atoms with Crippen LogP contribution in [0.25, 0.3) is 0 Å². The number of sulfone groups is 1. The molecule has 1 unspecified atom stereocenters. The van der Waals surface area contributed by atoms with Crippen molar-refractivity contribution in [2.24, 2.45) is 0 Å². The summed E-state index contributed by atoms with van der Waals surface area (Å²) < 4.78 is 85.9. The molecule has 10 heteroatoms. The second-order valence-corrected chi connectivity index (χ2v) is 9.12. The number of hydrogen-bond acceptors (Lipinski definition) is 4. The Morgan fingerprint density at radius 1 is 1.03 bits per heavy atom. The maximum atomic E-state index is 14.1. The van der Waals surface area contributed by atoms with Crippen molar-refractivity contribution in [2.75, 3.05) is 11.4 Å². The molecule has 1 amide bonds. The molecule has 0 radical (unpaired) electrons. The highest BCUT2D eigenvalue weighted by molar-refractivity contribution is 7.89. The van der Waals surface area contributed by atoms with E-state index in [0.29, 0.717) is 17.8 Å². The van der Waals surface area contributed by atoms with E-state index in [1.807, 2.05) is 0 Å². The molecule has 0 aliphatic carbocycles. The maximum Gasteiger partial charge on any atom is 0.414 e. The van der Waals surface area contributed by atoms with Crippen LogP contribution in [0, 0.1) is 30.2 Å². The van der Waals surface area contributed by atoms with Gasteiger partial charge < -0.3 is 4.74 Å². The van der Waals surface area contributed by atoms with Gasteiger partial charge in [-0.25, -0.2) is 30.8 Å². The van der Waals surface area contributed by atoms with Crippen molar-refractivity contribution < 1.29 is 35.5 Å². The van der Waals surface area contributed by atoms with Gasteiger partial charge in [-0.1, -0.05) is 6.07 Å². The lowest BCUT2D eigenvalue weighted by Gasteiger charge is -2.32. The van der Waals surface area contributed by atoms with Gasteiger partial charge in [0.1, 0.15) is 6.10 Å². The molecule has 30 heavy (non-hydrogen) atoms. The number of ether oxygens (including phenoxy) is 1. The molecule has 0 saturated heterocycles. The first-order valence-electron chi connectivity index (χ1n) is 9.09. The minimum absolute atomic E-state index is 0.281. The van der Waals surface area contributed by atoms with E-state index in [4.69, 9.17) is 4.74 Å². The van der Waals surface area contributed by atoms with Crippen molar-refractivity contribution in [2.45, 2.75) is 38.4 Å². The fourth-order valence-electron chi connectivity index (χ4n) is 3.38. The smallest absolute Gasteiger partial charge is 0.414 e. The van der Waals surface area contributed by atoms with Crippen molar-refractivity contribution >= 4 is 21.6 Å². The zero-order valence-corrected chi connectivity index (χ0v) is 17.2. The molecule has 0 fully saturated rings. The van der Waals surface area contributed by atoms with Gasteiger partial charge in [0.2, 0.25) is 0 Å². The van der Waals surface area contributed by atoms with Crippen molar-refractivity contribution in [1.29, 1.82) is 0 Å². The van der Waals surface area contributed by atoms with Crippen LogP contribution in [-0.2, 0) is 26.1 Å².